The molecule has 0 aromatic rings. The Bertz CT molecular complexity index is 528. The quantitative estimate of drug-likeness (QED) is 0.683. The molecular weight excluding hydrogens is 356 g/mol. The monoisotopic (exact) mass is 394 g/mol. The maximum atomic E-state index is 12.4. The van der Waals surface area contributed by atoms with Crippen LogP contribution in [0.15, 0.2) is 0 Å². The van der Waals surface area contributed by atoms with E-state index in [0.717, 1.165) is 51.5 Å². The van der Waals surface area contributed by atoms with Gasteiger partial charge in [0.2, 0.25) is 5.91 Å². The summed E-state index contributed by atoms with van der Waals surface area (Å²) in [5.41, 5.74) is -0.343. The number of ether oxygens (including phenoxy) is 1. The Morgan fingerprint density at radius 1 is 1.25 bits per heavy atom. The summed E-state index contributed by atoms with van der Waals surface area (Å²) in [5, 5.41) is 2.85. The lowest BCUT2D eigenvalue weighted by Crippen LogP contribution is -2.49. The first-order valence-electron chi connectivity index (χ1n) is 11.2. The van der Waals surface area contributed by atoms with Gasteiger partial charge in [0, 0.05) is 45.1 Å². The number of likely N-dealkylation sites (N-methyl/N-ethyl adjacent to an activating group) is 1. The van der Waals surface area contributed by atoms with Gasteiger partial charge in [-0.05, 0) is 39.8 Å². The summed E-state index contributed by atoms with van der Waals surface area (Å²) in [6.45, 7) is 7.18. The van der Waals surface area contributed by atoms with Gasteiger partial charge in [-0.1, -0.05) is 19.3 Å². The molecule has 2 amide bonds. The van der Waals surface area contributed by atoms with Crippen molar-refractivity contribution in [2.75, 3.05) is 52.9 Å². The Labute approximate surface area is 169 Å². The molecule has 1 saturated carbocycles. The summed E-state index contributed by atoms with van der Waals surface area (Å²) in [4.78, 5) is 30.7. The van der Waals surface area contributed by atoms with Gasteiger partial charge in [-0.25, -0.2) is 4.79 Å². The van der Waals surface area contributed by atoms with Crippen molar-refractivity contribution in [1.82, 2.24) is 20.0 Å². The molecule has 160 valence electrons. The first kappa shape index (κ1) is 21.4. The van der Waals surface area contributed by atoms with Crippen molar-refractivity contribution in [2.45, 2.75) is 69.9 Å². The van der Waals surface area contributed by atoms with Crippen molar-refractivity contribution < 1.29 is 14.3 Å². The maximum absolute atomic E-state index is 12.4. The van der Waals surface area contributed by atoms with E-state index in [2.05, 4.69) is 22.2 Å². The maximum Gasteiger partial charge on any atom is 0.410 e. The van der Waals surface area contributed by atoms with E-state index in [-0.39, 0.29) is 17.6 Å². The van der Waals surface area contributed by atoms with Crippen LogP contribution in [0.25, 0.3) is 0 Å². The van der Waals surface area contributed by atoms with Crippen LogP contribution in [0.2, 0.25) is 0 Å². The van der Waals surface area contributed by atoms with E-state index in [1.54, 1.807) is 0 Å². The van der Waals surface area contributed by atoms with Gasteiger partial charge in [0.05, 0.1) is 13.1 Å². The van der Waals surface area contributed by atoms with Crippen molar-refractivity contribution in [2.24, 2.45) is 0 Å². The molecule has 3 fully saturated rings. The van der Waals surface area contributed by atoms with Crippen molar-refractivity contribution in [3.05, 3.63) is 0 Å². The van der Waals surface area contributed by atoms with Crippen LogP contribution in [0.3, 0.4) is 0 Å². The summed E-state index contributed by atoms with van der Waals surface area (Å²) < 4.78 is 5.82. The molecule has 0 unspecified atom stereocenters. The largest absolute Gasteiger partial charge is 0.441 e. The highest BCUT2D eigenvalue weighted by molar-refractivity contribution is 5.78. The summed E-state index contributed by atoms with van der Waals surface area (Å²) in [7, 11) is 2.23. The van der Waals surface area contributed by atoms with Crippen LogP contribution in [0.1, 0.15) is 58.3 Å². The number of rotatable bonds is 8. The highest BCUT2D eigenvalue weighted by atomic mass is 16.6. The fourth-order valence-electron chi connectivity index (χ4n) is 4.92. The van der Waals surface area contributed by atoms with E-state index in [1.165, 1.54) is 32.1 Å². The molecule has 0 radical (unpaired) electrons. The zero-order valence-electron chi connectivity index (χ0n) is 17.8. The van der Waals surface area contributed by atoms with Gasteiger partial charge in [-0.3, -0.25) is 9.69 Å². The Morgan fingerprint density at radius 2 is 1.96 bits per heavy atom. The van der Waals surface area contributed by atoms with E-state index in [1.807, 2.05) is 11.8 Å². The SMILES string of the molecule is CCNC(=O)CN1CCC2(CC1)CN(CCCN(C)C1CCCCC1)C(=O)O2. The molecule has 1 spiro atoms. The lowest BCUT2D eigenvalue weighted by Gasteiger charge is -2.37. The Hall–Kier alpha value is -1.34. The van der Waals surface area contributed by atoms with Crippen LogP contribution >= 0.6 is 0 Å². The summed E-state index contributed by atoms with van der Waals surface area (Å²) in [5.74, 6) is 0.0746. The average Bonchev–Trinajstić information content (AvgIpc) is 3.00. The Morgan fingerprint density at radius 3 is 2.64 bits per heavy atom. The minimum absolute atomic E-state index is 0.0746. The van der Waals surface area contributed by atoms with Gasteiger partial charge in [0.1, 0.15) is 5.60 Å². The van der Waals surface area contributed by atoms with E-state index in [0.29, 0.717) is 19.6 Å². The molecular formula is C21H38N4O3. The third kappa shape index (κ3) is 5.60. The van der Waals surface area contributed by atoms with Crippen LogP contribution in [0.5, 0.6) is 0 Å². The molecule has 7 nitrogen and oxygen atoms in total. The molecule has 2 heterocycles. The number of hydrogen-bond donors (Lipinski definition) is 1. The Kier molecular flexibility index (Phi) is 7.57. The summed E-state index contributed by atoms with van der Waals surface area (Å²) in [6.07, 6.45) is 9.20. The molecule has 0 atom stereocenters. The van der Waals surface area contributed by atoms with E-state index in [4.69, 9.17) is 4.74 Å². The standard InChI is InChI=1S/C21H38N4O3/c1-3-22-19(26)16-24-14-10-21(11-15-24)17-25(20(27)28-21)13-7-12-23(2)18-8-5-4-6-9-18/h18H,3-17H2,1-2H3,(H,22,26). The topological polar surface area (TPSA) is 65.1 Å². The highest BCUT2D eigenvalue weighted by Crippen LogP contribution is 2.33. The number of nitrogens with zero attached hydrogens (tertiary/aromatic N) is 3. The molecule has 1 aliphatic carbocycles. The molecule has 0 aromatic carbocycles. The third-order valence-electron chi connectivity index (χ3n) is 6.69. The summed E-state index contributed by atoms with van der Waals surface area (Å²) >= 11 is 0. The number of carbonyl (C=O) groups excluding carboxylic acids is 2. The van der Waals surface area contributed by atoms with E-state index >= 15 is 0 Å². The van der Waals surface area contributed by atoms with Crippen molar-refractivity contribution >= 4 is 12.0 Å². The minimum atomic E-state index is -0.343. The van der Waals surface area contributed by atoms with E-state index in [9.17, 15) is 9.59 Å². The molecule has 28 heavy (non-hydrogen) atoms. The van der Waals surface area contributed by atoms with Gasteiger partial charge in [-0.15, -0.1) is 0 Å². The number of likely N-dealkylation sites (tertiary alicyclic amines) is 1. The number of amides is 2. The molecule has 2 aliphatic heterocycles. The normalized spacial score (nSPS) is 23.4. The van der Waals surface area contributed by atoms with Crippen LogP contribution < -0.4 is 5.32 Å². The van der Waals surface area contributed by atoms with Gasteiger partial charge in [0.15, 0.2) is 0 Å². The minimum Gasteiger partial charge on any atom is -0.441 e. The Balaban J connectivity index is 1.38. The van der Waals surface area contributed by atoms with Crippen molar-refractivity contribution in [3.63, 3.8) is 0 Å². The van der Waals surface area contributed by atoms with Crippen molar-refractivity contribution in [3.8, 4) is 0 Å². The first-order chi connectivity index (χ1) is 13.5. The van der Waals surface area contributed by atoms with E-state index < -0.39 is 0 Å². The molecule has 1 N–H and O–H groups in total. The lowest BCUT2D eigenvalue weighted by atomic mass is 9.91. The molecule has 0 aromatic heterocycles. The lowest BCUT2D eigenvalue weighted by molar-refractivity contribution is -0.123. The average molecular weight is 395 g/mol. The smallest absolute Gasteiger partial charge is 0.410 e. The molecule has 2 saturated heterocycles. The highest BCUT2D eigenvalue weighted by Gasteiger charge is 2.46. The van der Waals surface area contributed by atoms with Crippen LogP contribution in [0.4, 0.5) is 4.79 Å². The second-order valence-electron chi connectivity index (χ2n) is 8.83. The van der Waals surface area contributed by atoms with Gasteiger partial charge in [0.25, 0.3) is 0 Å². The fraction of sp³-hybridized carbons (Fsp3) is 0.905. The first-order valence-corrected chi connectivity index (χ1v) is 11.2. The van der Waals surface area contributed by atoms with Crippen LogP contribution in [-0.4, -0.2) is 91.2 Å². The molecule has 3 aliphatic rings. The van der Waals surface area contributed by atoms with Crippen LogP contribution in [-0.2, 0) is 9.53 Å². The fourth-order valence-corrected chi connectivity index (χ4v) is 4.92. The predicted molar refractivity (Wildman–Crippen MR) is 109 cm³/mol. The molecule has 7 heteroatoms. The number of piperidine rings is 1. The van der Waals surface area contributed by atoms with Gasteiger partial charge >= 0.3 is 6.09 Å². The number of hydrogen-bond acceptors (Lipinski definition) is 5. The molecule has 3 rings (SSSR count). The predicted octanol–water partition coefficient (Wildman–Crippen LogP) is 2.06. The second kappa shape index (κ2) is 9.92. The second-order valence-corrected chi connectivity index (χ2v) is 8.83. The zero-order valence-corrected chi connectivity index (χ0v) is 17.8. The number of carbonyl (C=O) groups is 2. The number of nitrogens with one attached hydrogen (secondary N) is 1. The zero-order chi connectivity index (χ0) is 20.0. The van der Waals surface area contributed by atoms with Crippen molar-refractivity contribution in [1.29, 1.82) is 0 Å². The van der Waals surface area contributed by atoms with Gasteiger partial charge < -0.3 is 19.9 Å². The third-order valence-corrected chi connectivity index (χ3v) is 6.69. The molecule has 0 bridgehead atoms. The van der Waals surface area contributed by atoms with Gasteiger partial charge in [-0.2, -0.15) is 0 Å². The van der Waals surface area contributed by atoms with Crippen LogP contribution in [0, 0.1) is 0 Å². The summed E-state index contributed by atoms with van der Waals surface area (Å²) in [6, 6.07) is 0.722.